The first kappa shape index (κ1) is 11.9. The van der Waals surface area contributed by atoms with Crippen molar-refractivity contribution in [3.8, 4) is 0 Å². The summed E-state index contributed by atoms with van der Waals surface area (Å²) in [6, 6.07) is 6.92. The van der Waals surface area contributed by atoms with Crippen molar-refractivity contribution in [3.05, 3.63) is 23.8 Å². The Morgan fingerprint density at radius 2 is 2.44 bits per heavy atom. The van der Waals surface area contributed by atoms with Crippen molar-refractivity contribution in [2.75, 3.05) is 26.0 Å². The van der Waals surface area contributed by atoms with Crippen LogP contribution in [-0.2, 0) is 11.3 Å². The van der Waals surface area contributed by atoms with Gasteiger partial charge in [0.15, 0.2) is 5.13 Å². The Morgan fingerprint density at radius 3 is 3.22 bits per heavy atom. The highest BCUT2D eigenvalue weighted by Gasteiger charge is 2.20. The molecule has 1 saturated heterocycles. The van der Waals surface area contributed by atoms with Gasteiger partial charge in [-0.2, -0.15) is 0 Å². The van der Waals surface area contributed by atoms with E-state index in [0.29, 0.717) is 11.2 Å². The van der Waals surface area contributed by atoms with Gasteiger partial charge in [0, 0.05) is 19.2 Å². The maximum absolute atomic E-state index is 5.72. The lowest BCUT2D eigenvalue weighted by Crippen LogP contribution is -2.31. The third-order valence-electron chi connectivity index (χ3n) is 3.43. The standard InChI is InChI=1S/C13H17N3OS/c1-16(10-4-5-17-8-10)7-9-2-3-11-12(6-9)18-13(14)15-11/h2-3,6,10H,4-5,7-8H2,1H3,(H2,14,15). The molecule has 0 saturated carbocycles. The molecular weight excluding hydrogens is 246 g/mol. The van der Waals surface area contributed by atoms with Gasteiger partial charge in [0.1, 0.15) is 0 Å². The third kappa shape index (κ3) is 2.34. The zero-order valence-corrected chi connectivity index (χ0v) is 11.2. The molecule has 18 heavy (non-hydrogen) atoms. The Kier molecular flexibility index (Phi) is 3.20. The maximum Gasteiger partial charge on any atom is 0.181 e. The van der Waals surface area contributed by atoms with Crippen LogP contribution in [0.1, 0.15) is 12.0 Å². The molecule has 1 aromatic heterocycles. The summed E-state index contributed by atoms with van der Waals surface area (Å²) in [5, 5.41) is 0.639. The van der Waals surface area contributed by atoms with Gasteiger partial charge < -0.3 is 10.5 Å². The lowest BCUT2D eigenvalue weighted by atomic mass is 10.1. The van der Waals surface area contributed by atoms with Gasteiger partial charge in [-0.3, -0.25) is 4.90 Å². The monoisotopic (exact) mass is 263 g/mol. The lowest BCUT2D eigenvalue weighted by molar-refractivity contribution is 0.156. The number of nitrogens with zero attached hydrogens (tertiary/aromatic N) is 2. The normalized spacial score (nSPS) is 20.0. The lowest BCUT2D eigenvalue weighted by Gasteiger charge is -2.22. The van der Waals surface area contributed by atoms with Gasteiger partial charge in [-0.15, -0.1) is 0 Å². The first-order valence-corrected chi connectivity index (χ1v) is 6.97. The van der Waals surface area contributed by atoms with Crippen LogP contribution in [0.3, 0.4) is 0 Å². The minimum Gasteiger partial charge on any atom is -0.380 e. The summed E-state index contributed by atoms with van der Waals surface area (Å²) in [7, 11) is 2.16. The fourth-order valence-corrected chi connectivity index (χ4v) is 3.17. The number of benzene rings is 1. The summed E-state index contributed by atoms with van der Waals surface area (Å²) >= 11 is 1.55. The van der Waals surface area contributed by atoms with Gasteiger partial charge >= 0.3 is 0 Å². The molecule has 0 aliphatic carbocycles. The second-order valence-corrected chi connectivity index (χ2v) is 5.85. The number of hydrogen-bond acceptors (Lipinski definition) is 5. The van der Waals surface area contributed by atoms with Crippen molar-refractivity contribution in [2.24, 2.45) is 0 Å². The number of hydrogen-bond donors (Lipinski definition) is 1. The van der Waals surface area contributed by atoms with E-state index in [9.17, 15) is 0 Å². The summed E-state index contributed by atoms with van der Waals surface area (Å²) in [5.41, 5.74) is 8.02. The molecule has 5 heteroatoms. The van der Waals surface area contributed by atoms with E-state index in [1.807, 2.05) is 0 Å². The summed E-state index contributed by atoms with van der Waals surface area (Å²) in [6.07, 6.45) is 1.13. The molecule has 1 unspecified atom stereocenters. The number of likely N-dealkylation sites (N-methyl/N-ethyl adjacent to an activating group) is 1. The van der Waals surface area contributed by atoms with Gasteiger partial charge in [-0.1, -0.05) is 17.4 Å². The number of thiazole rings is 1. The first-order valence-electron chi connectivity index (χ1n) is 6.15. The van der Waals surface area contributed by atoms with Gasteiger partial charge in [-0.05, 0) is 31.2 Å². The molecule has 1 atom stereocenters. The Labute approximate surface area is 110 Å². The van der Waals surface area contributed by atoms with Crippen LogP contribution in [0.25, 0.3) is 10.2 Å². The van der Waals surface area contributed by atoms with E-state index in [2.05, 4.69) is 35.1 Å². The molecular formula is C13H17N3OS. The highest BCUT2D eigenvalue weighted by molar-refractivity contribution is 7.22. The SMILES string of the molecule is CN(Cc1ccc2nc(N)sc2c1)C1CCOC1. The summed E-state index contributed by atoms with van der Waals surface area (Å²) in [5.74, 6) is 0. The second kappa shape index (κ2) is 4.84. The zero-order valence-electron chi connectivity index (χ0n) is 10.4. The van der Waals surface area contributed by atoms with Crippen molar-refractivity contribution in [1.29, 1.82) is 0 Å². The number of anilines is 1. The molecule has 1 aliphatic rings. The molecule has 1 aromatic carbocycles. The first-order chi connectivity index (χ1) is 8.72. The number of aromatic nitrogens is 1. The van der Waals surface area contributed by atoms with Gasteiger partial charge in [-0.25, -0.2) is 4.98 Å². The average Bonchev–Trinajstić information content (AvgIpc) is 2.95. The average molecular weight is 263 g/mol. The fourth-order valence-electron chi connectivity index (χ4n) is 2.37. The van der Waals surface area contributed by atoms with Crippen LogP contribution in [0.15, 0.2) is 18.2 Å². The van der Waals surface area contributed by atoms with Crippen molar-refractivity contribution < 1.29 is 4.74 Å². The maximum atomic E-state index is 5.72. The number of rotatable bonds is 3. The second-order valence-electron chi connectivity index (χ2n) is 4.79. The van der Waals surface area contributed by atoms with Crippen molar-refractivity contribution >= 4 is 26.7 Å². The highest BCUT2D eigenvalue weighted by Crippen LogP contribution is 2.25. The molecule has 2 heterocycles. The van der Waals surface area contributed by atoms with Gasteiger partial charge in [0.2, 0.25) is 0 Å². The fraction of sp³-hybridized carbons (Fsp3) is 0.462. The van der Waals surface area contributed by atoms with Gasteiger partial charge in [0.25, 0.3) is 0 Å². The van der Waals surface area contributed by atoms with Crippen LogP contribution in [0.2, 0.25) is 0 Å². The van der Waals surface area contributed by atoms with E-state index in [4.69, 9.17) is 10.5 Å². The van der Waals surface area contributed by atoms with Gasteiger partial charge in [0.05, 0.1) is 16.8 Å². The molecule has 0 amide bonds. The van der Waals surface area contributed by atoms with Crippen LogP contribution in [0.5, 0.6) is 0 Å². The van der Waals surface area contributed by atoms with Crippen molar-refractivity contribution in [2.45, 2.75) is 19.0 Å². The Hall–Kier alpha value is -1.17. The predicted molar refractivity (Wildman–Crippen MR) is 74.7 cm³/mol. The van der Waals surface area contributed by atoms with Crippen LogP contribution >= 0.6 is 11.3 Å². The quantitative estimate of drug-likeness (QED) is 0.921. The molecule has 3 rings (SSSR count). The molecule has 4 nitrogen and oxygen atoms in total. The molecule has 0 radical (unpaired) electrons. The molecule has 1 aliphatic heterocycles. The van der Waals surface area contributed by atoms with Crippen LogP contribution in [0, 0.1) is 0 Å². The molecule has 0 spiro atoms. The summed E-state index contributed by atoms with van der Waals surface area (Å²) in [6.45, 7) is 2.69. The Balaban J connectivity index is 1.77. The topological polar surface area (TPSA) is 51.4 Å². The van der Waals surface area contributed by atoms with E-state index in [1.165, 1.54) is 10.3 Å². The molecule has 2 aromatic rings. The van der Waals surface area contributed by atoms with E-state index in [-0.39, 0.29) is 0 Å². The van der Waals surface area contributed by atoms with E-state index in [0.717, 1.165) is 31.7 Å². The Bertz CT molecular complexity index is 548. The van der Waals surface area contributed by atoms with E-state index >= 15 is 0 Å². The predicted octanol–water partition coefficient (Wildman–Crippen LogP) is 2.10. The van der Waals surface area contributed by atoms with E-state index in [1.54, 1.807) is 11.3 Å². The summed E-state index contributed by atoms with van der Waals surface area (Å²) < 4.78 is 6.59. The highest BCUT2D eigenvalue weighted by atomic mass is 32.1. The van der Waals surface area contributed by atoms with Crippen LogP contribution in [0.4, 0.5) is 5.13 Å². The minimum absolute atomic E-state index is 0.548. The molecule has 0 bridgehead atoms. The van der Waals surface area contributed by atoms with Crippen molar-refractivity contribution in [1.82, 2.24) is 9.88 Å². The molecule has 96 valence electrons. The number of nitrogens with two attached hydrogens (primary N) is 1. The number of nitrogen functional groups attached to an aromatic ring is 1. The van der Waals surface area contributed by atoms with E-state index < -0.39 is 0 Å². The van der Waals surface area contributed by atoms with Crippen LogP contribution in [-0.4, -0.2) is 36.2 Å². The Morgan fingerprint density at radius 1 is 1.56 bits per heavy atom. The molecule has 2 N–H and O–H groups in total. The number of ether oxygens (including phenoxy) is 1. The smallest absolute Gasteiger partial charge is 0.181 e. The summed E-state index contributed by atoms with van der Waals surface area (Å²) in [4.78, 5) is 6.63. The molecule has 1 fully saturated rings. The van der Waals surface area contributed by atoms with Crippen molar-refractivity contribution in [3.63, 3.8) is 0 Å². The zero-order chi connectivity index (χ0) is 12.5. The number of fused-ring (bicyclic) bond motifs is 1. The van der Waals surface area contributed by atoms with Crippen LogP contribution < -0.4 is 5.73 Å². The third-order valence-corrected chi connectivity index (χ3v) is 4.28. The minimum atomic E-state index is 0.548. The largest absolute Gasteiger partial charge is 0.380 e.